The number of anilines is 1. The lowest BCUT2D eigenvalue weighted by atomic mass is 10.1. The molecule has 0 atom stereocenters. The molecular weight excluding hydrogens is 394 g/mol. The molecule has 2 aromatic carbocycles. The van der Waals surface area contributed by atoms with Gasteiger partial charge in [-0.3, -0.25) is 14.8 Å². The van der Waals surface area contributed by atoms with Crippen LogP contribution in [0.15, 0.2) is 47.3 Å². The lowest BCUT2D eigenvalue weighted by Crippen LogP contribution is -2.20. The fourth-order valence-electron chi connectivity index (χ4n) is 3.75. The number of carbonyl (C=O) groups is 1. The average Bonchev–Trinajstić information content (AvgIpc) is 2.79. The van der Waals surface area contributed by atoms with Crippen LogP contribution in [0.5, 0.6) is 0 Å². The van der Waals surface area contributed by atoms with Gasteiger partial charge in [0.05, 0.1) is 10.9 Å². The predicted molar refractivity (Wildman–Crippen MR) is 121 cm³/mol. The summed E-state index contributed by atoms with van der Waals surface area (Å²) in [6.07, 6.45) is 3.80. The normalized spacial score (nSPS) is 11.3. The Morgan fingerprint density at radius 3 is 2.61 bits per heavy atom. The largest absolute Gasteiger partial charge is 0.368 e. The maximum atomic E-state index is 13.1. The van der Waals surface area contributed by atoms with Gasteiger partial charge in [-0.15, -0.1) is 5.10 Å². The number of nitrogens with zero attached hydrogens (tertiary/aromatic N) is 3. The van der Waals surface area contributed by atoms with Gasteiger partial charge in [-0.1, -0.05) is 48.7 Å². The van der Waals surface area contributed by atoms with Crippen molar-refractivity contribution in [3.8, 4) is 0 Å². The van der Waals surface area contributed by atoms with Crippen LogP contribution in [-0.2, 0) is 4.79 Å². The second-order valence-corrected chi connectivity index (χ2v) is 7.69. The summed E-state index contributed by atoms with van der Waals surface area (Å²) in [6, 6.07) is 13.5. The minimum absolute atomic E-state index is 0.181. The summed E-state index contributed by atoms with van der Waals surface area (Å²) in [5, 5.41) is 18.8. The van der Waals surface area contributed by atoms with Crippen LogP contribution in [0.25, 0.3) is 27.3 Å². The van der Waals surface area contributed by atoms with Crippen molar-refractivity contribution in [3.05, 3.63) is 58.4 Å². The Kier molecular flexibility index (Phi) is 6.08. The third-order valence-electron chi connectivity index (χ3n) is 5.37. The topological polar surface area (TPSA) is 109 Å². The molecule has 0 fully saturated rings. The molecule has 160 valence electrons. The fraction of sp³-hybridized carbons (Fsp3) is 0.304. The van der Waals surface area contributed by atoms with Crippen LogP contribution in [0, 0.1) is 6.92 Å². The molecule has 0 saturated heterocycles. The van der Waals surface area contributed by atoms with Gasteiger partial charge in [0.1, 0.15) is 0 Å². The molecule has 3 N–H and O–H groups in total. The van der Waals surface area contributed by atoms with E-state index in [-0.39, 0.29) is 11.5 Å². The van der Waals surface area contributed by atoms with Crippen molar-refractivity contribution in [2.45, 2.75) is 39.0 Å². The van der Waals surface area contributed by atoms with E-state index in [0.29, 0.717) is 35.3 Å². The number of hydrogen-bond donors (Lipinski definition) is 3. The van der Waals surface area contributed by atoms with Crippen LogP contribution in [0.1, 0.15) is 37.7 Å². The van der Waals surface area contributed by atoms with Crippen molar-refractivity contribution in [1.29, 1.82) is 0 Å². The summed E-state index contributed by atoms with van der Waals surface area (Å²) in [7, 11) is 0. The monoisotopic (exact) mass is 419 g/mol. The first-order chi connectivity index (χ1) is 15.1. The van der Waals surface area contributed by atoms with Gasteiger partial charge in [-0.05, 0) is 31.9 Å². The highest BCUT2D eigenvalue weighted by Gasteiger charge is 2.13. The minimum atomic E-state index is -0.355. The second-order valence-electron chi connectivity index (χ2n) is 7.69. The highest BCUT2D eigenvalue weighted by Crippen LogP contribution is 2.25. The zero-order chi connectivity index (χ0) is 21.8. The van der Waals surface area contributed by atoms with Crippen LogP contribution in [-0.4, -0.2) is 32.3 Å². The summed E-state index contributed by atoms with van der Waals surface area (Å²) in [4.78, 5) is 28.9. The number of benzene rings is 2. The molecule has 0 aliphatic rings. The maximum absolute atomic E-state index is 13.1. The Morgan fingerprint density at radius 2 is 1.81 bits per heavy atom. The standard InChI is InChI=1S/C23H25N5O3/c1-15-11-12-19-18(14-15)23(30)28-22(25-19)17-9-6-5-8-16(17)21(26-28)24-13-7-3-2-4-10-20(29)27-31/h5-6,8-9,11-12,14,31H,2-4,7,10,13H2,1H3,(H,24,26)(H,27,29). The number of fused-ring (bicyclic) bond motifs is 4. The zero-order valence-electron chi connectivity index (χ0n) is 17.4. The molecule has 8 heteroatoms. The second kappa shape index (κ2) is 9.09. The molecule has 4 rings (SSSR count). The highest BCUT2D eigenvalue weighted by atomic mass is 16.5. The Bertz CT molecular complexity index is 1320. The van der Waals surface area contributed by atoms with Gasteiger partial charge >= 0.3 is 0 Å². The molecular formula is C23H25N5O3. The van der Waals surface area contributed by atoms with E-state index in [9.17, 15) is 9.59 Å². The molecule has 1 amide bonds. The van der Waals surface area contributed by atoms with Crippen LogP contribution in [0.3, 0.4) is 0 Å². The first-order valence-corrected chi connectivity index (χ1v) is 10.5. The van der Waals surface area contributed by atoms with E-state index in [1.807, 2.05) is 49.4 Å². The molecule has 4 aromatic rings. The van der Waals surface area contributed by atoms with Crippen LogP contribution in [0.4, 0.5) is 5.82 Å². The zero-order valence-corrected chi connectivity index (χ0v) is 17.4. The average molecular weight is 419 g/mol. The molecule has 0 saturated carbocycles. The number of rotatable bonds is 8. The number of unbranched alkanes of at least 4 members (excludes halogenated alkanes) is 3. The molecule has 0 spiro atoms. The van der Waals surface area contributed by atoms with Crippen molar-refractivity contribution in [3.63, 3.8) is 0 Å². The minimum Gasteiger partial charge on any atom is -0.368 e. The highest BCUT2D eigenvalue weighted by molar-refractivity contribution is 6.01. The number of amides is 1. The van der Waals surface area contributed by atoms with E-state index in [2.05, 4.69) is 10.4 Å². The summed E-state index contributed by atoms with van der Waals surface area (Å²) < 4.78 is 1.39. The summed E-state index contributed by atoms with van der Waals surface area (Å²) in [5.41, 5.74) is 3.68. The summed E-state index contributed by atoms with van der Waals surface area (Å²) in [6.45, 7) is 2.65. The molecule has 0 unspecified atom stereocenters. The Hall–Kier alpha value is -3.52. The van der Waals surface area contributed by atoms with Gasteiger partial charge in [0.2, 0.25) is 5.91 Å². The molecule has 31 heavy (non-hydrogen) atoms. The first-order valence-electron chi connectivity index (χ1n) is 10.5. The van der Waals surface area contributed by atoms with Gasteiger partial charge in [-0.2, -0.15) is 4.52 Å². The maximum Gasteiger partial charge on any atom is 0.282 e. The van der Waals surface area contributed by atoms with Gasteiger partial charge in [0, 0.05) is 23.7 Å². The van der Waals surface area contributed by atoms with Crippen LogP contribution >= 0.6 is 0 Å². The van der Waals surface area contributed by atoms with Crippen LogP contribution < -0.4 is 16.4 Å². The molecule has 0 aliphatic carbocycles. The quantitative estimate of drug-likeness (QED) is 0.132. The lowest BCUT2D eigenvalue weighted by molar-refractivity contribution is -0.129. The SMILES string of the molecule is Cc1ccc2nc3c4ccccc4c(NCCCCCCC(=O)NO)nn3c(=O)c2c1. The van der Waals surface area contributed by atoms with Gasteiger partial charge in [0.15, 0.2) is 11.5 Å². The van der Waals surface area contributed by atoms with E-state index >= 15 is 0 Å². The van der Waals surface area contributed by atoms with Crippen molar-refractivity contribution >= 4 is 39.0 Å². The molecule has 0 radical (unpaired) electrons. The number of hydrogen-bond acceptors (Lipinski definition) is 6. The van der Waals surface area contributed by atoms with Gasteiger partial charge in [-0.25, -0.2) is 10.5 Å². The lowest BCUT2D eigenvalue weighted by Gasteiger charge is -2.12. The number of nitrogens with one attached hydrogen (secondary N) is 2. The Balaban J connectivity index is 1.59. The van der Waals surface area contributed by atoms with Crippen molar-refractivity contribution in [1.82, 2.24) is 20.1 Å². The number of aromatic nitrogens is 3. The van der Waals surface area contributed by atoms with E-state index in [4.69, 9.17) is 10.2 Å². The van der Waals surface area contributed by atoms with E-state index in [1.165, 1.54) is 4.52 Å². The smallest absolute Gasteiger partial charge is 0.282 e. The molecule has 2 heterocycles. The molecule has 0 bridgehead atoms. The molecule has 8 nitrogen and oxygen atoms in total. The summed E-state index contributed by atoms with van der Waals surface area (Å²) in [5.74, 6) is 0.297. The third-order valence-corrected chi connectivity index (χ3v) is 5.37. The van der Waals surface area contributed by atoms with E-state index < -0.39 is 0 Å². The van der Waals surface area contributed by atoms with Crippen LogP contribution in [0.2, 0.25) is 0 Å². The first kappa shape index (κ1) is 20.7. The molecule has 2 aromatic heterocycles. The number of hydroxylamine groups is 1. The Labute approximate surface area is 178 Å². The van der Waals surface area contributed by atoms with E-state index in [0.717, 1.165) is 42.0 Å². The van der Waals surface area contributed by atoms with Crippen molar-refractivity contribution < 1.29 is 10.0 Å². The number of carbonyl (C=O) groups excluding carboxylic acids is 1. The van der Waals surface area contributed by atoms with E-state index in [1.54, 1.807) is 5.48 Å². The van der Waals surface area contributed by atoms with Crippen molar-refractivity contribution in [2.75, 3.05) is 11.9 Å². The van der Waals surface area contributed by atoms with Crippen molar-refractivity contribution in [2.24, 2.45) is 0 Å². The molecule has 0 aliphatic heterocycles. The Morgan fingerprint density at radius 1 is 1.03 bits per heavy atom. The summed E-state index contributed by atoms with van der Waals surface area (Å²) >= 11 is 0. The predicted octanol–water partition coefficient (Wildman–Crippen LogP) is 3.57. The number of aryl methyl sites for hydroxylation is 1. The van der Waals surface area contributed by atoms with Gasteiger partial charge in [0.25, 0.3) is 5.56 Å². The van der Waals surface area contributed by atoms with Gasteiger partial charge < -0.3 is 5.32 Å². The fourth-order valence-corrected chi connectivity index (χ4v) is 3.75. The third kappa shape index (κ3) is 4.34.